The molecule has 2 aliphatic heterocycles. The summed E-state index contributed by atoms with van der Waals surface area (Å²) in [5.74, 6) is 0.104. The quantitative estimate of drug-likeness (QED) is 0.659. The summed E-state index contributed by atoms with van der Waals surface area (Å²) in [4.78, 5) is 14.2. The van der Waals surface area contributed by atoms with Crippen LogP contribution in [0.3, 0.4) is 0 Å². The summed E-state index contributed by atoms with van der Waals surface area (Å²) < 4.78 is 5.27. The molecule has 0 aromatic rings. The average molecular weight is 228 g/mol. The first-order chi connectivity index (χ1) is 7.67. The summed E-state index contributed by atoms with van der Waals surface area (Å²) in [6, 6.07) is -0.180. The summed E-state index contributed by atoms with van der Waals surface area (Å²) in [6.07, 6.45) is 1.91. The van der Waals surface area contributed by atoms with Crippen molar-refractivity contribution in [3.8, 4) is 0 Å². The van der Waals surface area contributed by atoms with Crippen LogP contribution in [-0.2, 0) is 9.53 Å². The molecule has 2 N–H and O–H groups in total. The zero-order valence-electron chi connectivity index (χ0n) is 9.74. The van der Waals surface area contributed by atoms with Gasteiger partial charge in [-0.15, -0.1) is 0 Å². The smallest absolute Gasteiger partial charge is 0.243 e. The fourth-order valence-corrected chi connectivity index (χ4v) is 2.47. The SMILES string of the molecule is CC1(C(=O)N2CCOCC2CO)CCCN1. The second-order valence-corrected chi connectivity index (χ2v) is 4.77. The molecule has 5 nitrogen and oxygen atoms in total. The standard InChI is InChI=1S/C11H20N2O3/c1-11(3-2-4-12-11)10(15)13-5-6-16-8-9(13)7-14/h9,12,14H,2-8H2,1H3. The van der Waals surface area contributed by atoms with E-state index in [0.717, 1.165) is 19.4 Å². The van der Waals surface area contributed by atoms with Gasteiger partial charge in [0.2, 0.25) is 5.91 Å². The topological polar surface area (TPSA) is 61.8 Å². The molecule has 1 amide bonds. The zero-order valence-corrected chi connectivity index (χ0v) is 9.74. The number of ether oxygens (including phenoxy) is 1. The monoisotopic (exact) mass is 228 g/mol. The molecule has 2 rings (SSSR count). The Hall–Kier alpha value is -0.650. The van der Waals surface area contributed by atoms with Crippen LogP contribution in [0.5, 0.6) is 0 Å². The second-order valence-electron chi connectivity index (χ2n) is 4.77. The maximum atomic E-state index is 12.4. The molecule has 2 saturated heterocycles. The molecule has 0 aromatic heterocycles. The Kier molecular flexibility index (Phi) is 3.47. The predicted molar refractivity (Wildman–Crippen MR) is 59.0 cm³/mol. The number of carbonyl (C=O) groups is 1. The highest BCUT2D eigenvalue weighted by atomic mass is 16.5. The minimum atomic E-state index is -0.440. The molecule has 16 heavy (non-hydrogen) atoms. The number of nitrogens with one attached hydrogen (secondary N) is 1. The largest absolute Gasteiger partial charge is 0.394 e. The van der Waals surface area contributed by atoms with Crippen LogP contribution in [0.1, 0.15) is 19.8 Å². The molecule has 0 saturated carbocycles. The van der Waals surface area contributed by atoms with E-state index in [0.29, 0.717) is 19.8 Å². The molecule has 2 heterocycles. The van der Waals surface area contributed by atoms with E-state index in [2.05, 4.69) is 5.32 Å². The molecular weight excluding hydrogens is 208 g/mol. The molecule has 0 spiro atoms. The Bertz CT molecular complexity index is 264. The van der Waals surface area contributed by atoms with Crippen LogP contribution < -0.4 is 5.32 Å². The number of aliphatic hydroxyl groups is 1. The second kappa shape index (κ2) is 4.69. The van der Waals surface area contributed by atoms with Crippen LogP contribution in [0.15, 0.2) is 0 Å². The number of rotatable bonds is 2. The number of hydrogen-bond donors (Lipinski definition) is 2. The Morgan fingerprint density at radius 2 is 2.50 bits per heavy atom. The van der Waals surface area contributed by atoms with Gasteiger partial charge in [0.25, 0.3) is 0 Å². The molecule has 92 valence electrons. The highest BCUT2D eigenvalue weighted by Crippen LogP contribution is 2.23. The maximum Gasteiger partial charge on any atom is 0.243 e. The molecule has 0 radical (unpaired) electrons. The number of nitrogens with zero attached hydrogens (tertiary/aromatic N) is 1. The summed E-state index contributed by atoms with van der Waals surface area (Å²) >= 11 is 0. The van der Waals surface area contributed by atoms with Gasteiger partial charge in [-0.2, -0.15) is 0 Å². The van der Waals surface area contributed by atoms with E-state index in [-0.39, 0.29) is 18.6 Å². The molecule has 0 aromatic carbocycles. The summed E-state index contributed by atoms with van der Waals surface area (Å²) in [6.45, 7) is 4.42. The van der Waals surface area contributed by atoms with E-state index < -0.39 is 5.54 Å². The van der Waals surface area contributed by atoms with E-state index in [4.69, 9.17) is 4.74 Å². The summed E-state index contributed by atoms with van der Waals surface area (Å²) in [7, 11) is 0. The van der Waals surface area contributed by atoms with Crippen LogP contribution in [0.2, 0.25) is 0 Å². The van der Waals surface area contributed by atoms with Gasteiger partial charge >= 0.3 is 0 Å². The van der Waals surface area contributed by atoms with Gasteiger partial charge in [-0.25, -0.2) is 0 Å². The predicted octanol–water partition coefficient (Wildman–Crippen LogP) is -0.652. The first-order valence-corrected chi connectivity index (χ1v) is 5.92. The third-order valence-corrected chi connectivity index (χ3v) is 3.54. The first-order valence-electron chi connectivity index (χ1n) is 5.92. The lowest BCUT2D eigenvalue weighted by atomic mass is 9.97. The van der Waals surface area contributed by atoms with Gasteiger partial charge in [-0.1, -0.05) is 0 Å². The summed E-state index contributed by atoms with van der Waals surface area (Å²) in [5.41, 5.74) is -0.440. The fraction of sp³-hybridized carbons (Fsp3) is 0.909. The summed E-state index contributed by atoms with van der Waals surface area (Å²) in [5, 5.41) is 12.5. The van der Waals surface area contributed by atoms with Gasteiger partial charge in [0, 0.05) is 6.54 Å². The van der Waals surface area contributed by atoms with Crippen molar-refractivity contribution in [2.45, 2.75) is 31.3 Å². The van der Waals surface area contributed by atoms with Gasteiger partial charge in [0.1, 0.15) is 0 Å². The van der Waals surface area contributed by atoms with Crippen molar-refractivity contribution >= 4 is 5.91 Å². The van der Waals surface area contributed by atoms with E-state index in [1.165, 1.54) is 0 Å². The van der Waals surface area contributed by atoms with Crippen LogP contribution >= 0.6 is 0 Å². The van der Waals surface area contributed by atoms with Crippen molar-refractivity contribution in [3.63, 3.8) is 0 Å². The highest BCUT2D eigenvalue weighted by molar-refractivity contribution is 5.86. The lowest BCUT2D eigenvalue weighted by Gasteiger charge is -2.39. The highest BCUT2D eigenvalue weighted by Gasteiger charge is 2.41. The fourth-order valence-electron chi connectivity index (χ4n) is 2.47. The Labute approximate surface area is 95.8 Å². The lowest BCUT2D eigenvalue weighted by Crippen LogP contribution is -2.59. The zero-order chi connectivity index (χ0) is 11.6. The normalized spacial score (nSPS) is 35.4. The number of amides is 1. The molecule has 5 heteroatoms. The molecule has 2 unspecified atom stereocenters. The third kappa shape index (κ3) is 2.07. The van der Waals surface area contributed by atoms with Crippen molar-refractivity contribution < 1.29 is 14.6 Å². The van der Waals surface area contributed by atoms with Gasteiger partial charge in [-0.05, 0) is 26.3 Å². The average Bonchev–Trinajstić information content (AvgIpc) is 2.76. The van der Waals surface area contributed by atoms with Gasteiger partial charge in [0.05, 0.1) is 31.4 Å². The van der Waals surface area contributed by atoms with Crippen molar-refractivity contribution in [2.24, 2.45) is 0 Å². The number of hydrogen-bond acceptors (Lipinski definition) is 4. The van der Waals surface area contributed by atoms with E-state index >= 15 is 0 Å². The minimum Gasteiger partial charge on any atom is -0.394 e. The first kappa shape index (κ1) is 11.8. The van der Waals surface area contributed by atoms with E-state index in [1.807, 2.05) is 6.92 Å². The van der Waals surface area contributed by atoms with Crippen LogP contribution in [0.4, 0.5) is 0 Å². The van der Waals surface area contributed by atoms with Gasteiger partial charge < -0.3 is 20.1 Å². The van der Waals surface area contributed by atoms with Crippen LogP contribution in [0.25, 0.3) is 0 Å². The van der Waals surface area contributed by atoms with E-state index in [1.54, 1.807) is 4.90 Å². The van der Waals surface area contributed by atoms with Gasteiger partial charge in [0.15, 0.2) is 0 Å². The number of morpholine rings is 1. The third-order valence-electron chi connectivity index (χ3n) is 3.54. The molecule has 2 fully saturated rings. The number of aliphatic hydroxyl groups excluding tert-OH is 1. The van der Waals surface area contributed by atoms with Crippen molar-refractivity contribution in [1.82, 2.24) is 10.2 Å². The maximum absolute atomic E-state index is 12.4. The Morgan fingerprint density at radius 3 is 3.12 bits per heavy atom. The Balaban J connectivity index is 2.07. The Morgan fingerprint density at radius 1 is 1.69 bits per heavy atom. The van der Waals surface area contributed by atoms with Crippen LogP contribution in [-0.4, -0.2) is 60.4 Å². The molecule has 0 aliphatic carbocycles. The molecule has 0 bridgehead atoms. The van der Waals surface area contributed by atoms with Crippen LogP contribution in [0, 0.1) is 0 Å². The van der Waals surface area contributed by atoms with Crippen molar-refractivity contribution in [1.29, 1.82) is 0 Å². The van der Waals surface area contributed by atoms with Gasteiger partial charge in [-0.3, -0.25) is 4.79 Å². The van der Waals surface area contributed by atoms with Crippen molar-refractivity contribution in [2.75, 3.05) is 32.9 Å². The van der Waals surface area contributed by atoms with E-state index in [9.17, 15) is 9.90 Å². The minimum absolute atomic E-state index is 0.0260. The molecule has 2 aliphatic rings. The molecule has 2 atom stereocenters. The lowest BCUT2D eigenvalue weighted by molar-refractivity contribution is -0.147. The number of carbonyl (C=O) groups excluding carboxylic acids is 1. The van der Waals surface area contributed by atoms with Crippen molar-refractivity contribution in [3.05, 3.63) is 0 Å². The molecular formula is C11H20N2O3.